The molecule has 1 unspecified atom stereocenters. The van der Waals surface area contributed by atoms with Crippen LogP contribution in [0, 0.1) is 5.92 Å². The van der Waals surface area contributed by atoms with Crippen LogP contribution in [0.5, 0.6) is 0 Å². The first-order valence-corrected chi connectivity index (χ1v) is 7.30. The quantitative estimate of drug-likeness (QED) is 0.823. The zero-order chi connectivity index (χ0) is 11.4. The van der Waals surface area contributed by atoms with Crippen LogP contribution in [-0.4, -0.2) is 18.6 Å². The van der Waals surface area contributed by atoms with E-state index in [0.29, 0.717) is 0 Å². The molecule has 90 valence electrons. The molecule has 0 radical (unpaired) electrons. The average Bonchev–Trinajstić information content (AvgIpc) is 2.63. The van der Waals surface area contributed by atoms with Gasteiger partial charge in [0, 0.05) is 17.7 Å². The summed E-state index contributed by atoms with van der Waals surface area (Å²) in [6.07, 6.45) is 6.50. The predicted molar refractivity (Wildman–Crippen MR) is 70.1 cm³/mol. The van der Waals surface area contributed by atoms with Crippen molar-refractivity contribution in [3.63, 3.8) is 0 Å². The third-order valence-corrected chi connectivity index (χ3v) is 4.52. The summed E-state index contributed by atoms with van der Waals surface area (Å²) >= 11 is 1.86. The van der Waals surface area contributed by atoms with Crippen LogP contribution < -0.4 is 5.32 Å². The molecule has 1 aromatic rings. The second-order valence-corrected chi connectivity index (χ2v) is 5.77. The van der Waals surface area contributed by atoms with E-state index in [1.54, 1.807) is 0 Å². The van der Waals surface area contributed by atoms with Gasteiger partial charge < -0.3 is 5.32 Å². The summed E-state index contributed by atoms with van der Waals surface area (Å²) in [6.45, 7) is 3.37. The third-order valence-electron chi connectivity index (χ3n) is 3.63. The van der Waals surface area contributed by atoms with Crippen molar-refractivity contribution >= 4 is 11.3 Å². The highest BCUT2D eigenvalue weighted by Crippen LogP contribution is 2.36. The van der Waals surface area contributed by atoms with Gasteiger partial charge in [0.25, 0.3) is 0 Å². The Labute approximate surface area is 102 Å². The highest BCUT2D eigenvalue weighted by molar-refractivity contribution is 7.09. The summed E-state index contributed by atoms with van der Waals surface area (Å²) in [5.74, 6) is 1.53. The van der Waals surface area contributed by atoms with Crippen LogP contribution in [0.3, 0.4) is 0 Å². The standard InChI is InChI=1S/C13H22N2S/c1-3-10(8-14-2)7-13-15-12(9-16-13)11-5-4-6-11/h9-11,14H,3-8H2,1-2H3. The Bertz CT molecular complexity index is 317. The molecule has 3 heteroatoms. The topological polar surface area (TPSA) is 24.9 Å². The van der Waals surface area contributed by atoms with Gasteiger partial charge in [0.15, 0.2) is 0 Å². The average molecular weight is 238 g/mol. The summed E-state index contributed by atoms with van der Waals surface area (Å²) in [6, 6.07) is 0. The molecule has 1 aliphatic carbocycles. The smallest absolute Gasteiger partial charge is 0.0931 e. The number of aromatic nitrogens is 1. The summed E-state index contributed by atoms with van der Waals surface area (Å²) in [5, 5.41) is 6.89. The summed E-state index contributed by atoms with van der Waals surface area (Å²) < 4.78 is 0. The Morgan fingerprint density at radius 1 is 1.56 bits per heavy atom. The first-order valence-electron chi connectivity index (χ1n) is 6.42. The molecule has 0 aliphatic heterocycles. The molecule has 0 amide bonds. The fourth-order valence-electron chi connectivity index (χ4n) is 2.21. The lowest BCUT2D eigenvalue weighted by atomic mass is 9.83. The normalized spacial score (nSPS) is 18.4. The number of hydrogen-bond donors (Lipinski definition) is 1. The van der Waals surface area contributed by atoms with Gasteiger partial charge in [-0.05, 0) is 32.4 Å². The lowest BCUT2D eigenvalue weighted by molar-refractivity contribution is 0.411. The lowest BCUT2D eigenvalue weighted by Crippen LogP contribution is -2.20. The minimum Gasteiger partial charge on any atom is -0.319 e. The van der Waals surface area contributed by atoms with E-state index in [-0.39, 0.29) is 0 Å². The molecule has 1 aromatic heterocycles. The molecule has 2 rings (SSSR count). The minimum atomic E-state index is 0.741. The van der Waals surface area contributed by atoms with Crippen molar-refractivity contribution in [3.05, 3.63) is 16.1 Å². The molecule has 1 fully saturated rings. The SMILES string of the molecule is CCC(CNC)Cc1nc(C2CCC2)cs1. The molecule has 0 aromatic carbocycles. The summed E-state index contributed by atoms with van der Waals surface area (Å²) in [5.41, 5.74) is 1.37. The number of hydrogen-bond acceptors (Lipinski definition) is 3. The maximum absolute atomic E-state index is 4.79. The van der Waals surface area contributed by atoms with Crippen molar-refractivity contribution in [1.82, 2.24) is 10.3 Å². The Morgan fingerprint density at radius 3 is 2.94 bits per heavy atom. The number of rotatable bonds is 6. The van der Waals surface area contributed by atoms with E-state index in [1.807, 2.05) is 18.4 Å². The summed E-state index contributed by atoms with van der Waals surface area (Å²) in [4.78, 5) is 4.79. The van der Waals surface area contributed by atoms with E-state index in [2.05, 4.69) is 17.6 Å². The van der Waals surface area contributed by atoms with Gasteiger partial charge in [0.2, 0.25) is 0 Å². The van der Waals surface area contributed by atoms with E-state index < -0.39 is 0 Å². The van der Waals surface area contributed by atoms with Crippen LogP contribution in [-0.2, 0) is 6.42 Å². The fourth-order valence-corrected chi connectivity index (χ4v) is 3.20. The Hall–Kier alpha value is -0.410. The molecular formula is C13H22N2S. The first-order chi connectivity index (χ1) is 7.83. The van der Waals surface area contributed by atoms with Gasteiger partial charge in [-0.25, -0.2) is 4.98 Å². The maximum Gasteiger partial charge on any atom is 0.0931 e. The predicted octanol–water partition coefficient (Wildman–Crippen LogP) is 3.20. The molecule has 1 N–H and O–H groups in total. The second kappa shape index (κ2) is 5.78. The van der Waals surface area contributed by atoms with Crippen LogP contribution in [0.1, 0.15) is 49.2 Å². The van der Waals surface area contributed by atoms with E-state index in [9.17, 15) is 0 Å². The second-order valence-electron chi connectivity index (χ2n) is 4.83. The highest BCUT2D eigenvalue weighted by Gasteiger charge is 2.22. The van der Waals surface area contributed by atoms with E-state index in [4.69, 9.17) is 4.98 Å². The number of nitrogens with zero attached hydrogens (tertiary/aromatic N) is 1. The molecular weight excluding hydrogens is 216 g/mol. The van der Waals surface area contributed by atoms with Gasteiger partial charge >= 0.3 is 0 Å². The van der Waals surface area contributed by atoms with E-state index in [0.717, 1.165) is 24.8 Å². The molecule has 0 saturated heterocycles. The molecule has 0 bridgehead atoms. The van der Waals surface area contributed by atoms with Gasteiger partial charge in [0.05, 0.1) is 10.7 Å². The van der Waals surface area contributed by atoms with Crippen LogP contribution in [0.25, 0.3) is 0 Å². The van der Waals surface area contributed by atoms with Crippen molar-refractivity contribution < 1.29 is 0 Å². The zero-order valence-corrected chi connectivity index (χ0v) is 11.1. The van der Waals surface area contributed by atoms with Crippen LogP contribution in [0.15, 0.2) is 5.38 Å². The number of nitrogens with one attached hydrogen (secondary N) is 1. The van der Waals surface area contributed by atoms with Crippen molar-refractivity contribution in [3.8, 4) is 0 Å². The number of thiazole rings is 1. The van der Waals surface area contributed by atoms with Gasteiger partial charge in [0.1, 0.15) is 0 Å². The van der Waals surface area contributed by atoms with Gasteiger partial charge in [-0.1, -0.05) is 19.8 Å². The molecule has 1 heterocycles. The monoisotopic (exact) mass is 238 g/mol. The summed E-state index contributed by atoms with van der Waals surface area (Å²) in [7, 11) is 2.03. The van der Waals surface area contributed by atoms with Crippen molar-refractivity contribution in [1.29, 1.82) is 0 Å². The zero-order valence-electron chi connectivity index (χ0n) is 10.3. The van der Waals surface area contributed by atoms with E-state index in [1.165, 1.54) is 36.4 Å². The maximum atomic E-state index is 4.79. The Morgan fingerprint density at radius 2 is 2.38 bits per heavy atom. The minimum absolute atomic E-state index is 0.741. The molecule has 2 nitrogen and oxygen atoms in total. The third kappa shape index (κ3) is 2.83. The lowest BCUT2D eigenvalue weighted by Gasteiger charge is -2.23. The Kier molecular flexibility index (Phi) is 4.36. The van der Waals surface area contributed by atoms with Crippen LogP contribution in [0.2, 0.25) is 0 Å². The van der Waals surface area contributed by atoms with Gasteiger partial charge in [-0.3, -0.25) is 0 Å². The fraction of sp³-hybridized carbons (Fsp3) is 0.769. The van der Waals surface area contributed by atoms with Gasteiger partial charge in [-0.15, -0.1) is 11.3 Å². The van der Waals surface area contributed by atoms with Gasteiger partial charge in [-0.2, -0.15) is 0 Å². The van der Waals surface area contributed by atoms with Crippen LogP contribution >= 0.6 is 11.3 Å². The highest BCUT2D eigenvalue weighted by atomic mass is 32.1. The Balaban J connectivity index is 1.90. The molecule has 16 heavy (non-hydrogen) atoms. The largest absolute Gasteiger partial charge is 0.319 e. The molecule has 0 spiro atoms. The molecule has 1 saturated carbocycles. The molecule has 1 aliphatic rings. The van der Waals surface area contributed by atoms with Crippen molar-refractivity contribution in [2.45, 2.75) is 44.9 Å². The van der Waals surface area contributed by atoms with Crippen molar-refractivity contribution in [2.75, 3.05) is 13.6 Å². The van der Waals surface area contributed by atoms with Crippen LogP contribution in [0.4, 0.5) is 0 Å². The molecule has 1 atom stereocenters. The van der Waals surface area contributed by atoms with Crippen molar-refractivity contribution in [2.24, 2.45) is 5.92 Å². The van der Waals surface area contributed by atoms with E-state index >= 15 is 0 Å². The first kappa shape index (κ1) is 12.1.